The number of hydrogen-bond donors (Lipinski definition) is 0. The van der Waals surface area contributed by atoms with Gasteiger partial charge in [0.25, 0.3) is 0 Å². The van der Waals surface area contributed by atoms with Crippen LogP contribution >= 0.6 is 0 Å². The Kier molecular flexibility index (Phi) is 10.6. The zero-order chi connectivity index (χ0) is 17.1. The van der Waals surface area contributed by atoms with Gasteiger partial charge in [0.2, 0.25) is 0 Å². The number of hydrogen-bond acceptors (Lipinski definition) is 1. The molecule has 0 aromatic heterocycles. The van der Waals surface area contributed by atoms with Gasteiger partial charge < -0.3 is 24.8 Å². The minimum Gasteiger partial charge on any atom is -1.00 e. The molecule has 0 bridgehead atoms. The largest absolute Gasteiger partial charge is 1.00 e. The molecule has 0 aromatic rings. The van der Waals surface area contributed by atoms with Crippen molar-refractivity contribution in [3.63, 3.8) is 0 Å². The second kappa shape index (κ2) is 10.5. The third-order valence-corrected chi connectivity index (χ3v) is 5.63. The normalized spacial score (nSPS) is 23.0. The Morgan fingerprint density at radius 2 is 1.92 bits per heavy atom. The van der Waals surface area contributed by atoms with Crippen LogP contribution in [0.25, 0.3) is 0 Å². The average molecular weight is 418 g/mol. The molecule has 0 fully saturated rings. The molecule has 0 aromatic carbocycles. The summed E-state index contributed by atoms with van der Waals surface area (Å²) in [6, 6.07) is 0. The molecule has 2 aliphatic carbocycles. The molecule has 4 heteroatoms. The average Bonchev–Trinajstić information content (AvgIpc) is 2.86. The van der Waals surface area contributed by atoms with Crippen LogP contribution in [0.2, 0.25) is 0 Å². The Hall–Kier alpha value is 0.214. The van der Waals surface area contributed by atoms with Gasteiger partial charge in [-0.1, -0.05) is 0 Å². The Bertz CT molecular complexity index is 567. The third-order valence-electron chi connectivity index (χ3n) is 4.81. The summed E-state index contributed by atoms with van der Waals surface area (Å²) in [6.45, 7) is 12.3. The first-order chi connectivity index (χ1) is 10.8. The first-order valence-corrected chi connectivity index (χ1v) is 9.70. The zero-order valence-electron chi connectivity index (χ0n) is 16.2. The van der Waals surface area contributed by atoms with Gasteiger partial charge in [0, 0.05) is 0 Å². The molecule has 139 valence electrons. The van der Waals surface area contributed by atoms with Crippen molar-refractivity contribution in [1.29, 1.82) is 0 Å². The zero-order valence-corrected chi connectivity index (χ0v) is 19.3. The second-order valence-electron chi connectivity index (χ2n) is 7.94. The summed E-state index contributed by atoms with van der Waals surface area (Å²) in [5.41, 5.74) is 4.26. The summed E-state index contributed by atoms with van der Waals surface area (Å²) in [4.78, 5) is 0. The van der Waals surface area contributed by atoms with E-state index in [1.165, 1.54) is 27.0 Å². The van der Waals surface area contributed by atoms with Crippen molar-refractivity contribution >= 4 is 0 Å². The molecule has 0 radical (unpaired) electrons. The van der Waals surface area contributed by atoms with Gasteiger partial charge in [0.15, 0.2) is 0 Å². The maximum absolute atomic E-state index is 6.63. The van der Waals surface area contributed by atoms with Crippen LogP contribution in [0.3, 0.4) is 0 Å². The molecule has 1 atom stereocenters. The van der Waals surface area contributed by atoms with E-state index < -0.39 is 0 Å². The topological polar surface area (TPSA) is 9.23 Å². The van der Waals surface area contributed by atoms with E-state index in [2.05, 4.69) is 79.4 Å². The minimum atomic E-state index is -0.168. The van der Waals surface area contributed by atoms with Gasteiger partial charge in [-0.05, 0) is 0 Å². The van der Waals surface area contributed by atoms with Gasteiger partial charge >= 0.3 is 154 Å². The summed E-state index contributed by atoms with van der Waals surface area (Å²) in [5.74, 6) is 0. The molecule has 1 nitrogen and oxygen atoms in total. The molecule has 0 saturated carbocycles. The van der Waals surface area contributed by atoms with Gasteiger partial charge in [0.05, 0.1) is 0 Å². The predicted molar refractivity (Wildman–Crippen MR) is 94.9 cm³/mol. The quantitative estimate of drug-likeness (QED) is 0.437. The summed E-state index contributed by atoms with van der Waals surface area (Å²) < 4.78 is 8.13. The van der Waals surface area contributed by atoms with Gasteiger partial charge in [-0.2, -0.15) is 0 Å². The van der Waals surface area contributed by atoms with Crippen LogP contribution in [0, 0.1) is 5.41 Å². The minimum absolute atomic E-state index is 0. The van der Waals surface area contributed by atoms with E-state index in [4.69, 9.17) is 4.74 Å². The van der Waals surface area contributed by atoms with Crippen molar-refractivity contribution in [2.24, 2.45) is 5.41 Å². The van der Waals surface area contributed by atoms with E-state index >= 15 is 0 Å². The number of unbranched alkanes of at least 4 members (excludes halogenated alkanes) is 1. The van der Waals surface area contributed by atoms with Gasteiger partial charge in [-0.15, -0.1) is 0 Å². The number of allylic oxidation sites excluding steroid dienone is 5. The molecule has 0 saturated heterocycles. The van der Waals surface area contributed by atoms with E-state index in [1.807, 2.05) is 0 Å². The monoisotopic (exact) mass is 417 g/mol. The van der Waals surface area contributed by atoms with E-state index in [0.717, 1.165) is 32.3 Å². The van der Waals surface area contributed by atoms with Crippen LogP contribution in [0.15, 0.2) is 44.9 Å². The first-order valence-electron chi connectivity index (χ1n) is 8.92. The van der Waals surface area contributed by atoms with Crippen molar-refractivity contribution in [1.82, 2.24) is 0 Å². The molecule has 0 N–H and O–H groups in total. The second-order valence-corrected chi connectivity index (χ2v) is 8.89. The maximum Gasteiger partial charge on any atom is -1.00 e. The van der Waals surface area contributed by atoms with Crippen LogP contribution in [0.1, 0.15) is 66.7 Å². The third kappa shape index (κ3) is 6.40. The molecule has 2 aliphatic rings. The molecular weight excluding hydrogens is 387 g/mol. The smallest absolute Gasteiger partial charge is 1.00 e. The Balaban J connectivity index is 0.00000288. The number of halogens is 2. The fraction of sp³-hybridized carbons (Fsp3) is 0.619. The SMILES string of the molecule is CCCCOC1(CC2=[C]([Ti+2])CC=C2)CC=C(C)C=C1C(C)(C)C.[Cl-].[Cl-]. The summed E-state index contributed by atoms with van der Waals surface area (Å²) in [5, 5.41) is 0. The number of rotatable bonds is 6. The predicted octanol–water partition coefficient (Wildman–Crippen LogP) is 0.0233. The van der Waals surface area contributed by atoms with Crippen molar-refractivity contribution in [3.8, 4) is 0 Å². The molecule has 0 heterocycles. The summed E-state index contributed by atoms with van der Waals surface area (Å²) in [7, 11) is 0. The fourth-order valence-electron chi connectivity index (χ4n) is 3.54. The van der Waals surface area contributed by atoms with E-state index in [0.29, 0.717) is 0 Å². The van der Waals surface area contributed by atoms with Crippen LogP contribution in [-0.2, 0) is 25.2 Å². The van der Waals surface area contributed by atoms with Crippen molar-refractivity contribution in [2.75, 3.05) is 6.61 Å². The van der Waals surface area contributed by atoms with E-state index in [9.17, 15) is 0 Å². The molecular formula is C21H31Cl2OTi. The van der Waals surface area contributed by atoms with Crippen LogP contribution < -0.4 is 24.8 Å². The Morgan fingerprint density at radius 1 is 1.24 bits per heavy atom. The molecule has 25 heavy (non-hydrogen) atoms. The molecule has 0 amide bonds. The standard InChI is InChI=1S/C21H31O.2ClH.Ti/c1-6-7-14-22-21(16-18-10-8-9-11-18)13-12-17(2)15-19(21)20(3,4)5;;;/h8,10,12,15H,6-7,9,13-14,16H2,1-5H3;2*1H;/q;;;+2/p-2. The van der Waals surface area contributed by atoms with Crippen LogP contribution in [0.5, 0.6) is 0 Å². The van der Waals surface area contributed by atoms with Gasteiger partial charge in [-0.25, -0.2) is 0 Å². The van der Waals surface area contributed by atoms with Gasteiger partial charge in [0.1, 0.15) is 0 Å². The van der Waals surface area contributed by atoms with Crippen LogP contribution in [0.4, 0.5) is 0 Å². The van der Waals surface area contributed by atoms with Crippen LogP contribution in [-0.4, -0.2) is 12.2 Å². The van der Waals surface area contributed by atoms with Crippen molar-refractivity contribution < 1.29 is 50.0 Å². The van der Waals surface area contributed by atoms with Crippen molar-refractivity contribution in [2.45, 2.75) is 72.3 Å². The fourth-order valence-corrected chi connectivity index (χ4v) is 4.00. The molecule has 0 aliphatic heterocycles. The summed E-state index contributed by atoms with van der Waals surface area (Å²) in [6.07, 6.45) is 14.8. The first kappa shape index (κ1) is 25.2. The van der Waals surface area contributed by atoms with E-state index in [1.54, 1.807) is 0 Å². The van der Waals surface area contributed by atoms with Gasteiger partial charge in [-0.3, -0.25) is 0 Å². The molecule has 2 rings (SSSR count). The van der Waals surface area contributed by atoms with Crippen molar-refractivity contribution in [3.05, 3.63) is 44.9 Å². The van der Waals surface area contributed by atoms with E-state index in [-0.39, 0.29) is 35.8 Å². The number of ether oxygens (including phenoxy) is 1. The molecule has 1 unspecified atom stereocenters. The Labute approximate surface area is 178 Å². The Morgan fingerprint density at radius 3 is 2.44 bits per heavy atom. The molecule has 0 spiro atoms. The summed E-state index contributed by atoms with van der Waals surface area (Å²) >= 11 is 2.26. The maximum atomic E-state index is 6.63.